The molecule has 0 fully saturated rings. The van der Waals surface area contributed by atoms with Gasteiger partial charge >= 0.3 is 0 Å². The summed E-state index contributed by atoms with van der Waals surface area (Å²) in [6, 6.07) is 8.86. The maximum atomic E-state index is 12.6. The summed E-state index contributed by atoms with van der Waals surface area (Å²) in [6.07, 6.45) is 1.01. The van der Waals surface area contributed by atoms with E-state index in [9.17, 15) is 23.3 Å². The zero-order chi connectivity index (χ0) is 21.6. The number of carbonyl (C=O) groups excluding carboxylic acids is 1. The van der Waals surface area contributed by atoms with Gasteiger partial charge in [-0.1, -0.05) is 18.2 Å². The summed E-state index contributed by atoms with van der Waals surface area (Å²) < 4.78 is 35.8. The van der Waals surface area contributed by atoms with Crippen molar-refractivity contribution >= 4 is 27.3 Å². The number of nitrogens with zero attached hydrogens (tertiary/aromatic N) is 1. The van der Waals surface area contributed by atoms with Gasteiger partial charge in [0.25, 0.3) is 11.6 Å². The summed E-state index contributed by atoms with van der Waals surface area (Å²) in [4.78, 5) is 23.4. The quantitative estimate of drug-likeness (QED) is 0.466. The maximum Gasteiger partial charge on any atom is 0.286 e. The van der Waals surface area contributed by atoms with Gasteiger partial charge in [-0.25, -0.2) is 8.42 Å². The van der Waals surface area contributed by atoms with Crippen molar-refractivity contribution in [2.45, 2.75) is 13.5 Å². The molecule has 0 heterocycles. The summed E-state index contributed by atoms with van der Waals surface area (Å²) in [6.45, 7) is 1.96. The molecule has 0 saturated carbocycles. The fraction of sp³-hybridized carbons (Fsp3) is 0.278. The molecule has 2 rings (SSSR count). The molecule has 1 amide bonds. The second-order valence-corrected chi connectivity index (χ2v) is 7.67. The zero-order valence-corrected chi connectivity index (χ0v) is 16.9. The Kier molecular flexibility index (Phi) is 6.99. The Balaban J connectivity index is 2.32. The summed E-state index contributed by atoms with van der Waals surface area (Å²) >= 11 is 0. The average Bonchev–Trinajstić information content (AvgIpc) is 2.65. The topological polar surface area (TPSA) is 137 Å². The monoisotopic (exact) mass is 423 g/mol. The normalized spacial score (nSPS) is 10.9. The molecular weight excluding hydrogens is 402 g/mol. The SMILES string of the molecule is CCOc1cc(C(=O)NCc2ccccc2NS(C)(=O)=O)c([N+](=O)[O-])cc1OC. The smallest absolute Gasteiger partial charge is 0.286 e. The van der Waals surface area contributed by atoms with E-state index in [0.717, 1.165) is 12.3 Å². The number of ether oxygens (including phenoxy) is 2. The first-order chi connectivity index (χ1) is 13.7. The summed E-state index contributed by atoms with van der Waals surface area (Å²) in [5, 5.41) is 14.0. The number of nitrogens with one attached hydrogen (secondary N) is 2. The summed E-state index contributed by atoms with van der Waals surface area (Å²) in [7, 11) is -2.17. The predicted octanol–water partition coefficient (Wildman–Crippen LogP) is 2.30. The first-order valence-electron chi connectivity index (χ1n) is 8.49. The van der Waals surface area contributed by atoms with Crippen LogP contribution in [0.15, 0.2) is 36.4 Å². The van der Waals surface area contributed by atoms with Crippen LogP contribution >= 0.6 is 0 Å². The lowest BCUT2D eigenvalue weighted by atomic mass is 10.1. The van der Waals surface area contributed by atoms with Crippen LogP contribution in [0.3, 0.4) is 0 Å². The van der Waals surface area contributed by atoms with Gasteiger partial charge in [0.1, 0.15) is 5.56 Å². The van der Waals surface area contributed by atoms with Gasteiger partial charge < -0.3 is 14.8 Å². The number of benzene rings is 2. The molecule has 0 unspecified atom stereocenters. The Bertz CT molecular complexity index is 1020. The Morgan fingerprint density at radius 2 is 1.90 bits per heavy atom. The molecule has 0 spiro atoms. The number of carbonyl (C=O) groups is 1. The third-order valence-corrected chi connectivity index (χ3v) is 4.37. The van der Waals surface area contributed by atoms with E-state index in [-0.39, 0.29) is 30.2 Å². The van der Waals surface area contributed by atoms with E-state index in [2.05, 4.69) is 10.0 Å². The molecule has 0 bridgehead atoms. The number of methoxy groups -OCH3 is 1. The third kappa shape index (κ3) is 5.82. The molecule has 10 nitrogen and oxygen atoms in total. The van der Waals surface area contributed by atoms with E-state index in [4.69, 9.17) is 9.47 Å². The maximum absolute atomic E-state index is 12.6. The number of nitro benzene ring substituents is 1. The van der Waals surface area contributed by atoms with Crippen LogP contribution in [0.25, 0.3) is 0 Å². The fourth-order valence-corrected chi connectivity index (χ4v) is 3.15. The van der Waals surface area contributed by atoms with Gasteiger partial charge in [-0.05, 0) is 18.6 Å². The number of amides is 1. The number of para-hydroxylation sites is 1. The number of sulfonamides is 1. The van der Waals surface area contributed by atoms with Crippen LogP contribution in [-0.2, 0) is 16.6 Å². The van der Waals surface area contributed by atoms with Crippen LogP contribution in [0.4, 0.5) is 11.4 Å². The van der Waals surface area contributed by atoms with E-state index < -0.39 is 26.5 Å². The molecular formula is C18H21N3O7S. The fourth-order valence-electron chi connectivity index (χ4n) is 2.55. The van der Waals surface area contributed by atoms with E-state index in [1.165, 1.54) is 13.2 Å². The molecule has 0 aromatic heterocycles. The minimum absolute atomic E-state index is 0.0509. The van der Waals surface area contributed by atoms with Crippen molar-refractivity contribution in [3.8, 4) is 11.5 Å². The zero-order valence-electron chi connectivity index (χ0n) is 16.1. The molecule has 2 aromatic carbocycles. The number of nitro groups is 1. The molecule has 2 aromatic rings. The van der Waals surface area contributed by atoms with Crippen molar-refractivity contribution in [1.29, 1.82) is 0 Å². The summed E-state index contributed by atoms with van der Waals surface area (Å²) in [5.74, 6) is -0.378. The van der Waals surface area contributed by atoms with Crippen molar-refractivity contribution < 1.29 is 27.6 Å². The van der Waals surface area contributed by atoms with Gasteiger partial charge in [-0.15, -0.1) is 0 Å². The van der Waals surface area contributed by atoms with Crippen LogP contribution < -0.4 is 19.5 Å². The molecule has 0 atom stereocenters. The van der Waals surface area contributed by atoms with E-state index in [1.54, 1.807) is 31.2 Å². The average molecular weight is 423 g/mol. The van der Waals surface area contributed by atoms with Crippen molar-refractivity contribution in [2.24, 2.45) is 0 Å². The summed E-state index contributed by atoms with van der Waals surface area (Å²) in [5.41, 5.74) is 0.153. The lowest BCUT2D eigenvalue weighted by Gasteiger charge is -2.13. The third-order valence-electron chi connectivity index (χ3n) is 3.78. The van der Waals surface area contributed by atoms with Gasteiger partial charge in [0.2, 0.25) is 10.0 Å². The van der Waals surface area contributed by atoms with Crippen LogP contribution in [0, 0.1) is 10.1 Å². The Labute approximate surface area is 168 Å². The Morgan fingerprint density at radius 3 is 2.48 bits per heavy atom. The second kappa shape index (κ2) is 9.24. The van der Waals surface area contributed by atoms with Crippen molar-refractivity contribution in [3.05, 3.63) is 57.6 Å². The van der Waals surface area contributed by atoms with Gasteiger partial charge in [0.05, 0.1) is 36.6 Å². The highest BCUT2D eigenvalue weighted by atomic mass is 32.2. The highest BCUT2D eigenvalue weighted by Crippen LogP contribution is 2.34. The van der Waals surface area contributed by atoms with E-state index in [1.807, 2.05) is 0 Å². The van der Waals surface area contributed by atoms with Gasteiger partial charge in [0, 0.05) is 12.6 Å². The minimum atomic E-state index is -3.51. The Hall–Kier alpha value is -3.34. The molecule has 0 aliphatic heterocycles. The lowest BCUT2D eigenvalue weighted by molar-refractivity contribution is -0.385. The molecule has 0 aliphatic rings. The number of rotatable bonds is 9. The largest absolute Gasteiger partial charge is 0.493 e. The second-order valence-electron chi connectivity index (χ2n) is 5.92. The van der Waals surface area contributed by atoms with Gasteiger partial charge in [-0.3, -0.25) is 19.6 Å². The van der Waals surface area contributed by atoms with Crippen molar-refractivity contribution in [3.63, 3.8) is 0 Å². The molecule has 11 heteroatoms. The van der Waals surface area contributed by atoms with Crippen LogP contribution in [0.2, 0.25) is 0 Å². The van der Waals surface area contributed by atoms with E-state index in [0.29, 0.717) is 11.3 Å². The standard InChI is InChI=1S/C18H21N3O7S/c1-4-28-17-9-13(15(21(23)24)10-16(17)27-2)18(22)19-11-12-7-5-6-8-14(12)20-29(3,25)26/h5-10,20H,4,11H2,1-3H3,(H,19,22). The lowest BCUT2D eigenvalue weighted by Crippen LogP contribution is -2.24. The van der Waals surface area contributed by atoms with Crippen LogP contribution in [0.1, 0.15) is 22.8 Å². The molecule has 0 aliphatic carbocycles. The van der Waals surface area contributed by atoms with Gasteiger partial charge in [-0.2, -0.15) is 0 Å². The molecule has 2 N–H and O–H groups in total. The number of hydrogen-bond donors (Lipinski definition) is 2. The highest BCUT2D eigenvalue weighted by molar-refractivity contribution is 7.92. The molecule has 156 valence electrons. The molecule has 0 saturated heterocycles. The van der Waals surface area contributed by atoms with Gasteiger partial charge in [0.15, 0.2) is 11.5 Å². The van der Waals surface area contributed by atoms with Crippen LogP contribution in [0.5, 0.6) is 11.5 Å². The predicted molar refractivity (Wildman–Crippen MR) is 107 cm³/mol. The number of anilines is 1. The van der Waals surface area contributed by atoms with Crippen molar-refractivity contribution in [1.82, 2.24) is 5.32 Å². The first kappa shape index (κ1) is 22.0. The van der Waals surface area contributed by atoms with E-state index >= 15 is 0 Å². The molecule has 0 radical (unpaired) electrons. The highest BCUT2D eigenvalue weighted by Gasteiger charge is 2.24. The number of hydrogen-bond acceptors (Lipinski definition) is 7. The first-order valence-corrected chi connectivity index (χ1v) is 10.4. The molecule has 29 heavy (non-hydrogen) atoms. The minimum Gasteiger partial charge on any atom is -0.493 e. The van der Waals surface area contributed by atoms with Crippen LogP contribution in [-0.4, -0.2) is 39.2 Å². The van der Waals surface area contributed by atoms with Crippen molar-refractivity contribution in [2.75, 3.05) is 24.7 Å². The Morgan fingerprint density at radius 1 is 1.21 bits per heavy atom.